The van der Waals surface area contributed by atoms with Gasteiger partial charge in [-0.25, -0.2) is 0 Å². The van der Waals surface area contributed by atoms with E-state index in [4.69, 9.17) is 14.2 Å². The van der Waals surface area contributed by atoms with E-state index in [-0.39, 0.29) is 49.0 Å². The van der Waals surface area contributed by atoms with E-state index in [1.807, 2.05) is 59.8 Å². The van der Waals surface area contributed by atoms with E-state index in [0.717, 1.165) is 21.6 Å². The molecule has 0 bridgehead atoms. The molecule has 0 aliphatic carbocycles. The van der Waals surface area contributed by atoms with Crippen LogP contribution in [0.5, 0.6) is 0 Å². The first-order valence-corrected chi connectivity index (χ1v) is 15.0. The Hall–Kier alpha value is -2.60. The first-order valence-electron chi connectivity index (χ1n) is 15.0. The van der Waals surface area contributed by atoms with Crippen molar-refractivity contribution >= 4 is 30.5 Å². The van der Waals surface area contributed by atoms with Gasteiger partial charge >= 0.3 is 0 Å². The number of carbonyl (C=O) groups is 2. The van der Waals surface area contributed by atoms with Gasteiger partial charge in [-0.05, 0) is 49.3 Å². The molecule has 2 aliphatic rings. The molecule has 10 heteroatoms. The van der Waals surface area contributed by atoms with Gasteiger partial charge in [0.25, 0.3) is 0 Å². The molecule has 0 saturated carbocycles. The molecule has 0 radical (unpaired) electrons. The number of aliphatic hydroxyl groups excluding tert-OH is 3. The van der Waals surface area contributed by atoms with Gasteiger partial charge in [0.05, 0.1) is 36.6 Å². The maximum atomic E-state index is 12.3. The number of hydrogen-bond donors (Lipinski definition) is 5. The molecular formula is C33H54N2O8. The summed E-state index contributed by atoms with van der Waals surface area (Å²) in [5.41, 5.74) is 1.30. The van der Waals surface area contributed by atoms with Crippen molar-refractivity contribution in [1.82, 2.24) is 10.6 Å². The summed E-state index contributed by atoms with van der Waals surface area (Å²) in [4.78, 5) is 23.5. The van der Waals surface area contributed by atoms with Crippen LogP contribution in [0.1, 0.15) is 72.9 Å². The van der Waals surface area contributed by atoms with Crippen LogP contribution in [0.2, 0.25) is 0 Å². The summed E-state index contributed by atoms with van der Waals surface area (Å²) in [5, 5.41) is 36.4. The standard InChI is InChI=1S/C19H25NO4.C12H23NO4.C2H6/c1-5-13-7-8-14(15(6-2)11(13)3)10-20-19(23)17-9-16(21)18(22)12(4)24-17;1-7-10(16-5)9(6-14)17-12(3,4)11(7)13-8(2)15;1-2/h5-8,12,16-18,21-22H,2-3,9-10H2,1,4H3,(H,20,23);7,9-11,14H,6H2,1-5H3,(H,13,15);1-2H3/b13-5-;;. The molecule has 0 aromatic heterocycles. The molecule has 2 amide bonds. The number of benzene rings is 1. The van der Waals surface area contributed by atoms with Crippen molar-refractivity contribution in [3.8, 4) is 0 Å². The minimum absolute atomic E-state index is 0.0739. The first kappa shape index (κ1) is 38.4. The molecule has 5 N–H and O–H groups in total. The topological polar surface area (TPSA) is 147 Å². The summed E-state index contributed by atoms with van der Waals surface area (Å²) < 4.78 is 16.7. The zero-order valence-electron chi connectivity index (χ0n) is 27.3. The minimum atomic E-state index is -0.965. The lowest BCUT2D eigenvalue weighted by Crippen LogP contribution is -2.65. The summed E-state index contributed by atoms with van der Waals surface area (Å²) in [6, 6.07) is 3.76. The van der Waals surface area contributed by atoms with Crippen LogP contribution in [0.15, 0.2) is 18.7 Å². The molecule has 0 spiro atoms. The Morgan fingerprint density at radius 1 is 1.21 bits per heavy atom. The van der Waals surface area contributed by atoms with Gasteiger partial charge in [-0.1, -0.05) is 58.2 Å². The fourth-order valence-electron chi connectivity index (χ4n) is 5.66. The van der Waals surface area contributed by atoms with Gasteiger partial charge in [-0.3, -0.25) is 9.59 Å². The lowest BCUT2D eigenvalue weighted by atomic mass is 9.79. The predicted molar refractivity (Wildman–Crippen MR) is 169 cm³/mol. The average Bonchev–Trinajstić information content (AvgIpc) is 2.97. The number of rotatable bonds is 7. The molecule has 2 aliphatic heterocycles. The van der Waals surface area contributed by atoms with E-state index in [1.54, 1.807) is 20.1 Å². The highest BCUT2D eigenvalue weighted by molar-refractivity contribution is 5.81. The van der Waals surface area contributed by atoms with Gasteiger partial charge in [0.2, 0.25) is 11.8 Å². The fraction of sp³-hybridized carbons (Fsp3) is 0.636. The number of hydrogen-bond acceptors (Lipinski definition) is 8. The summed E-state index contributed by atoms with van der Waals surface area (Å²) in [6.07, 6.45) is -0.0627. The van der Waals surface area contributed by atoms with Gasteiger partial charge in [0, 0.05) is 32.9 Å². The Bertz CT molecular complexity index is 1160. The maximum Gasteiger partial charge on any atom is 0.249 e. The molecule has 2 fully saturated rings. The van der Waals surface area contributed by atoms with E-state index in [1.165, 1.54) is 6.92 Å². The molecule has 2 saturated heterocycles. The van der Waals surface area contributed by atoms with Gasteiger partial charge in [0.1, 0.15) is 18.3 Å². The lowest BCUT2D eigenvalue weighted by molar-refractivity contribution is -0.214. The summed E-state index contributed by atoms with van der Waals surface area (Å²) in [6.45, 7) is 23.0. The Kier molecular flexibility index (Phi) is 15.8. The maximum absolute atomic E-state index is 12.3. The zero-order chi connectivity index (χ0) is 33.1. The smallest absolute Gasteiger partial charge is 0.249 e. The van der Waals surface area contributed by atoms with Gasteiger partial charge in [-0.2, -0.15) is 0 Å². The predicted octanol–water partition coefficient (Wildman–Crippen LogP) is 1.39. The summed E-state index contributed by atoms with van der Waals surface area (Å²) in [5.74, 6) is -0.319. The fourth-order valence-corrected chi connectivity index (χ4v) is 5.66. The molecule has 3 rings (SSSR count). The van der Waals surface area contributed by atoms with Crippen LogP contribution in [0.25, 0.3) is 18.7 Å². The molecule has 2 heterocycles. The SMILES string of the molecule is C=Cc1c(CNC(=O)C2CC(O)C(O)C(C)O2)cc/c(=C/C)c1=C.CC.COC1C(CO)OC(C)(C)C(NC(C)=O)C1C. The van der Waals surface area contributed by atoms with Crippen LogP contribution < -0.4 is 21.1 Å². The zero-order valence-corrected chi connectivity index (χ0v) is 27.3. The normalized spacial score (nSPS) is 30.1. The Labute approximate surface area is 256 Å². The molecule has 1 aromatic carbocycles. The van der Waals surface area contributed by atoms with E-state index in [0.29, 0.717) is 6.54 Å². The van der Waals surface area contributed by atoms with E-state index in [9.17, 15) is 24.9 Å². The highest BCUT2D eigenvalue weighted by Crippen LogP contribution is 2.34. The van der Waals surface area contributed by atoms with Crippen LogP contribution in [0, 0.1) is 5.92 Å². The number of amides is 2. The second kappa shape index (κ2) is 17.6. The van der Waals surface area contributed by atoms with Gasteiger partial charge < -0.3 is 40.2 Å². The highest BCUT2D eigenvalue weighted by atomic mass is 16.6. The van der Waals surface area contributed by atoms with Crippen molar-refractivity contribution < 1.29 is 39.1 Å². The van der Waals surface area contributed by atoms with Crippen molar-refractivity contribution in [3.05, 3.63) is 40.3 Å². The van der Waals surface area contributed by atoms with Crippen LogP contribution in [-0.2, 0) is 30.3 Å². The third-order valence-electron chi connectivity index (χ3n) is 7.88. The van der Waals surface area contributed by atoms with Crippen molar-refractivity contribution in [2.45, 2.75) is 117 Å². The highest BCUT2D eigenvalue weighted by Gasteiger charge is 2.48. The average molecular weight is 607 g/mol. The molecular weight excluding hydrogens is 552 g/mol. The number of methoxy groups -OCH3 is 1. The Morgan fingerprint density at radius 2 is 1.84 bits per heavy atom. The first-order chi connectivity index (χ1) is 20.2. The molecule has 8 unspecified atom stereocenters. The number of carbonyl (C=O) groups excluding carboxylic acids is 2. The van der Waals surface area contributed by atoms with Gasteiger partial charge in [0.15, 0.2) is 0 Å². The number of nitrogens with one attached hydrogen (secondary N) is 2. The molecule has 244 valence electrons. The monoisotopic (exact) mass is 606 g/mol. The van der Waals surface area contributed by atoms with E-state index < -0.39 is 30.0 Å². The second-order valence-electron chi connectivity index (χ2n) is 11.2. The quantitative estimate of drug-likeness (QED) is 0.313. The van der Waals surface area contributed by atoms with Crippen LogP contribution in [0.4, 0.5) is 0 Å². The van der Waals surface area contributed by atoms with Crippen LogP contribution >= 0.6 is 0 Å². The third-order valence-corrected chi connectivity index (χ3v) is 7.88. The molecule has 43 heavy (non-hydrogen) atoms. The van der Waals surface area contributed by atoms with Crippen molar-refractivity contribution in [2.75, 3.05) is 13.7 Å². The number of ether oxygens (including phenoxy) is 3. The van der Waals surface area contributed by atoms with Crippen molar-refractivity contribution in [2.24, 2.45) is 5.92 Å². The Balaban J connectivity index is 0.000000429. The van der Waals surface area contributed by atoms with Crippen LogP contribution in [0.3, 0.4) is 0 Å². The van der Waals surface area contributed by atoms with E-state index >= 15 is 0 Å². The van der Waals surface area contributed by atoms with Crippen LogP contribution in [-0.4, -0.2) is 89.1 Å². The van der Waals surface area contributed by atoms with E-state index in [2.05, 4.69) is 23.8 Å². The number of aliphatic hydroxyl groups is 3. The second-order valence-corrected chi connectivity index (χ2v) is 11.2. The van der Waals surface area contributed by atoms with Gasteiger partial charge in [-0.15, -0.1) is 0 Å². The molecule has 10 nitrogen and oxygen atoms in total. The summed E-state index contributed by atoms with van der Waals surface area (Å²) >= 11 is 0. The lowest BCUT2D eigenvalue weighted by Gasteiger charge is -2.49. The Morgan fingerprint density at radius 3 is 2.33 bits per heavy atom. The van der Waals surface area contributed by atoms with Crippen molar-refractivity contribution in [3.63, 3.8) is 0 Å². The third kappa shape index (κ3) is 9.96. The van der Waals surface area contributed by atoms with Crippen molar-refractivity contribution in [1.29, 1.82) is 0 Å². The summed E-state index contributed by atoms with van der Waals surface area (Å²) in [7, 11) is 1.59. The largest absolute Gasteiger partial charge is 0.394 e. The molecule has 8 atom stereocenters. The molecule has 1 aromatic rings. The minimum Gasteiger partial charge on any atom is -0.394 e.